The molecular weight excluding hydrogens is 346 g/mol. The number of hydrogen-bond donors (Lipinski definition) is 2. The van der Waals surface area contributed by atoms with Crippen molar-refractivity contribution in [2.75, 3.05) is 5.32 Å². The third kappa shape index (κ3) is 2.26. The molecule has 4 aliphatic carbocycles. The Kier molecular flexibility index (Phi) is 3.51. The van der Waals surface area contributed by atoms with E-state index >= 15 is 0 Å². The molecule has 0 radical (unpaired) electrons. The van der Waals surface area contributed by atoms with E-state index in [2.05, 4.69) is 5.32 Å². The second-order valence-corrected chi connectivity index (χ2v) is 9.06. The number of amides is 1. The second-order valence-electron chi connectivity index (χ2n) is 8.18. The fraction of sp³-hybridized carbons (Fsp3) is 0.429. The summed E-state index contributed by atoms with van der Waals surface area (Å²) in [6.45, 7) is 0. The molecule has 4 nitrogen and oxygen atoms in total. The molecule has 134 valence electrons. The van der Waals surface area contributed by atoms with Gasteiger partial charge in [0.1, 0.15) is 10.6 Å². The first-order valence-electron chi connectivity index (χ1n) is 9.28. The van der Waals surface area contributed by atoms with E-state index in [1.165, 1.54) is 30.6 Å². The first kappa shape index (κ1) is 16.1. The first-order chi connectivity index (χ1) is 12.6. The molecule has 1 aromatic heterocycles. The van der Waals surface area contributed by atoms with Crippen molar-refractivity contribution >= 4 is 28.2 Å². The van der Waals surface area contributed by atoms with E-state index in [0.717, 1.165) is 18.4 Å². The Morgan fingerprint density at radius 1 is 1.08 bits per heavy atom. The topological polar surface area (TPSA) is 66.4 Å². The molecule has 0 spiro atoms. The molecule has 2 atom stereocenters. The molecule has 6 rings (SSSR count). The predicted molar refractivity (Wildman–Crippen MR) is 101 cm³/mol. The average Bonchev–Trinajstić information content (AvgIpc) is 3.23. The maximum atomic E-state index is 13.2. The number of anilines is 1. The van der Waals surface area contributed by atoms with E-state index in [-0.39, 0.29) is 16.9 Å². The van der Waals surface area contributed by atoms with Gasteiger partial charge in [0.25, 0.3) is 0 Å². The Labute approximate surface area is 156 Å². The van der Waals surface area contributed by atoms with Crippen molar-refractivity contribution in [1.29, 1.82) is 0 Å². The molecule has 1 aromatic carbocycles. The van der Waals surface area contributed by atoms with Gasteiger partial charge in [-0.3, -0.25) is 4.79 Å². The number of rotatable bonds is 4. The van der Waals surface area contributed by atoms with E-state index in [4.69, 9.17) is 0 Å². The van der Waals surface area contributed by atoms with Crippen molar-refractivity contribution in [2.45, 2.75) is 32.1 Å². The molecule has 2 N–H and O–H groups in total. The minimum Gasteiger partial charge on any atom is -0.478 e. The summed E-state index contributed by atoms with van der Waals surface area (Å²) in [7, 11) is 0. The van der Waals surface area contributed by atoms with Crippen molar-refractivity contribution in [2.24, 2.45) is 23.2 Å². The van der Waals surface area contributed by atoms with Crippen LogP contribution in [-0.4, -0.2) is 17.0 Å². The monoisotopic (exact) mass is 367 g/mol. The van der Waals surface area contributed by atoms with Gasteiger partial charge in [0.05, 0.1) is 5.41 Å². The van der Waals surface area contributed by atoms with Gasteiger partial charge in [-0.1, -0.05) is 30.3 Å². The number of hydrogen-bond acceptors (Lipinski definition) is 3. The maximum Gasteiger partial charge on any atom is 0.339 e. The Balaban J connectivity index is 1.47. The number of thiophene rings is 1. The molecule has 1 amide bonds. The van der Waals surface area contributed by atoms with Gasteiger partial charge in [0, 0.05) is 10.9 Å². The highest BCUT2D eigenvalue weighted by atomic mass is 32.1. The van der Waals surface area contributed by atoms with E-state index in [0.29, 0.717) is 28.3 Å². The zero-order valence-corrected chi connectivity index (χ0v) is 15.2. The zero-order chi connectivity index (χ0) is 17.9. The Hall–Kier alpha value is -2.14. The van der Waals surface area contributed by atoms with Crippen LogP contribution >= 0.6 is 11.3 Å². The molecule has 26 heavy (non-hydrogen) atoms. The summed E-state index contributed by atoms with van der Waals surface area (Å²) in [6.07, 6.45) is 5.60. The van der Waals surface area contributed by atoms with Gasteiger partial charge in [-0.05, 0) is 55.4 Å². The number of carbonyl (C=O) groups is 2. The standard InChI is InChI=1S/C21H21NO3S/c23-19(24)17-16(14-4-2-1-3-5-14)11-26-18(17)22-20(25)21-9-12-6-13(10-21)8-15(21)7-12/h1-5,11-13,15H,6-10H2,(H,22,25)(H,23,24). The maximum absolute atomic E-state index is 13.2. The van der Waals surface area contributed by atoms with Crippen LogP contribution in [0.3, 0.4) is 0 Å². The summed E-state index contributed by atoms with van der Waals surface area (Å²) in [6, 6.07) is 9.49. The van der Waals surface area contributed by atoms with Crippen LogP contribution in [0.25, 0.3) is 11.1 Å². The lowest BCUT2D eigenvalue weighted by Gasteiger charge is -2.31. The van der Waals surface area contributed by atoms with Gasteiger partial charge in [-0.15, -0.1) is 11.3 Å². The van der Waals surface area contributed by atoms with Crippen molar-refractivity contribution in [3.63, 3.8) is 0 Å². The quantitative estimate of drug-likeness (QED) is 0.809. The number of benzene rings is 1. The van der Waals surface area contributed by atoms with Crippen LogP contribution in [0.15, 0.2) is 35.7 Å². The minimum atomic E-state index is -0.991. The first-order valence-corrected chi connectivity index (χ1v) is 10.2. The highest BCUT2D eigenvalue weighted by Crippen LogP contribution is 2.65. The molecule has 5 heteroatoms. The van der Waals surface area contributed by atoms with Crippen LogP contribution < -0.4 is 5.32 Å². The van der Waals surface area contributed by atoms with Gasteiger partial charge in [-0.2, -0.15) is 0 Å². The number of carbonyl (C=O) groups excluding carboxylic acids is 1. The third-order valence-corrected chi connectivity index (χ3v) is 7.65. The van der Waals surface area contributed by atoms with Crippen molar-refractivity contribution in [1.82, 2.24) is 0 Å². The van der Waals surface area contributed by atoms with Crippen molar-refractivity contribution < 1.29 is 14.7 Å². The molecule has 4 fully saturated rings. The average molecular weight is 367 g/mol. The van der Waals surface area contributed by atoms with Crippen LogP contribution in [-0.2, 0) is 4.79 Å². The highest BCUT2D eigenvalue weighted by Gasteiger charge is 2.61. The van der Waals surface area contributed by atoms with E-state index < -0.39 is 5.97 Å². The normalized spacial score (nSPS) is 31.3. The van der Waals surface area contributed by atoms with Crippen LogP contribution in [0.5, 0.6) is 0 Å². The summed E-state index contributed by atoms with van der Waals surface area (Å²) in [5, 5.41) is 15.1. The fourth-order valence-corrected chi connectivity index (χ4v) is 6.84. The molecule has 4 bridgehead atoms. The number of nitrogens with one attached hydrogen (secondary N) is 1. The Morgan fingerprint density at radius 2 is 1.77 bits per heavy atom. The number of carboxylic acids is 1. The SMILES string of the molecule is O=C(O)c1c(-c2ccccc2)csc1NC(=O)C12CC3CC(CC1C3)C2. The number of aromatic carboxylic acids is 1. The zero-order valence-electron chi connectivity index (χ0n) is 14.4. The summed E-state index contributed by atoms with van der Waals surface area (Å²) in [4.78, 5) is 25.1. The predicted octanol–water partition coefficient (Wildman–Crippen LogP) is 4.88. The van der Waals surface area contributed by atoms with Gasteiger partial charge < -0.3 is 10.4 Å². The summed E-state index contributed by atoms with van der Waals surface area (Å²) in [5.74, 6) is 0.945. The van der Waals surface area contributed by atoms with Crippen molar-refractivity contribution in [3.05, 3.63) is 41.3 Å². The molecule has 4 saturated carbocycles. The van der Waals surface area contributed by atoms with Gasteiger partial charge >= 0.3 is 5.97 Å². The lowest BCUT2D eigenvalue weighted by atomic mass is 9.75. The van der Waals surface area contributed by atoms with Gasteiger partial charge in [0.15, 0.2) is 0 Å². The third-order valence-electron chi connectivity index (χ3n) is 6.76. The van der Waals surface area contributed by atoms with Gasteiger partial charge in [-0.25, -0.2) is 4.79 Å². The molecule has 2 unspecified atom stereocenters. The van der Waals surface area contributed by atoms with Crippen LogP contribution in [0.2, 0.25) is 0 Å². The largest absolute Gasteiger partial charge is 0.478 e. The summed E-state index contributed by atoms with van der Waals surface area (Å²) in [5.41, 5.74) is 1.50. The lowest BCUT2D eigenvalue weighted by molar-refractivity contribution is -0.127. The molecule has 0 aliphatic heterocycles. The van der Waals surface area contributed by atoms with E-state index in [9.17, 15) is 14.7 Å². The molecule has 1 heterocycles. The number of carboxylic acid groups (broad SMARTS) is 1. The lowest BCUT2D eigenvalue weighted by Crippen LogP contribution is -2.37. The summed E-state index contributed by atoms with van der Waals surface area (Å²) < 4.78 is 0. The van der Waals surface area contributed by atoms with E-state index in [1.54, 1.807) is 0 Å². The Bertz CT molecular complexity index is 874. The van der Waals surface area contributed by atoms with Crippen LogP contribution in [0.1, 0.15) is 42.5 Å². The smallest absolute Gasteiger partial charge is 0.339 e. The Morgan fingerprint density at radius 3 is 2.42 bits per heavy atom. The molecule has 0 saturated heterocycles. The second kappa shape index (κ2) is 5.68. The van der Waals surface area contributed by atoms with Gasteiger partial charge in [0.2, 0.25) is 5.91 Å². The minimum absolute atomic E-state index is 0.0520. The summed E-state index contributed by atoms with van der Waals surface area (Å²) >= 11 is 1.32. The molecular formula is C21H21NO3S. The fourth-order valence-electron chi connectivity index (χ4n) is 5.89. The van der Waals surface area contributed by atoms with Crippen molar-refractivity contribution in [3.8, 4) is 11.1 Å². The van der Waals surface area contributed by atoms with E-state index in [1.807, 2.05) is 35.7 Å². The van der Waals surface area contributed by atoms with Crippen LogP contribution in [0, 0.1) is 23.2 Å². The molecule has 2 aromatic rings. The molecule has 4 aliphatic rings. The highest BCUT2D eigenvalue weighted by molar-refractivity contribution is 7.15. The van der Waals surface area contributed by atoms with Crippen LogP contribution in [0.4, 0.5) is 5.00 Å².